The smallest absolute Gasteiger partial charge is 0.191 e. The largest absolute Gasteiger partial charge is 0.370 e. The standard InChI is InChI=1S/C16H25N3.HI/c1-13-6-5-11-19(12-13)16(17)18-10-9-15-8-4-3-7-14(15)2;/h3-4,7-8,13H,5-6,9-12H2,1-2H3,(H2,17,18);1H. The number of nitrogens with zero attached hydrogens (tertiary/aromatic N) is 2. The molecule has 0 spiro atoms. The van der Waals surface area contributed by atoms with Crippen molar-refractivity contribution in [3.63, 3.8) is 0 Å². The fraction of sp³-hybridized carbons (Fsp3) is 0.562. The number of aryl methyl sites for hydroxylation is 1. The van der Waals surface area contributed by atoms with E-state index in [9.17, 15) is 0 Å². The van der Waals surface area contributed by atoms with E-state index in [0.29, 0.717) is 0 Å². The van der Waals surface area contributed by atoms with Crippen LogP contribution in [-0.2, 0) is 6.42 Å². The molecule has 1 heterocycles. The molecule has 1 atom stereocenters. The molecule has 0 bridgehead atoms. The predicted octanol–water partition coefficient (Wildman–Crippen LogP) is 3.20. The summed E-state index contributed by atoms with van der Waals surface area (Å²) in [6.45, 7) is 7.33. The summed E-state index contributed by atoms with van der Waals surface area (Å²) in [7, 11) is 0. The highest BCUT2D eigenvalue weighted by Crippen LogP contribution is 2.15. The summed E-state index contributed by atoms with van der Waals surface area (Å²) >= 11 is 0. The number of piperidine rings is 1. The van der Waals surface area contributed by atoms with Crippen molar-refractivity contribution in [2.45, 2.75) is 33.1 Å². The fourth-order valence-electron chi connectivity index (χ4n) is 2.68. The van der Waals surface area contributed by atoms with Gasteiger partial charge in [-0.25, -0.2) is 0 Å². The van der Waals surface area contributed by atoms with Crippen LogP contribution in [-0.4, -0.2) is 30.5 Å². The van der Waals surface area contributed by atoms with Crippen molar-refractivity contribution in [3.8, 4) is 0 Å². The predicted molar refractivity (Wildman–Crippen MR) is 96.8 cm³/mol. The van der Waals surface area contributed by atoms with Gasteiger partial charge >= 0.3 is 0 Å². The molecule has 0 amide bonds. The third kappa shape index (κ3) is 4.96. The molecule has 1 aromatic rings. The number of benzene rings is 1. The van der Waals surface area contributed by atoms with Crippen molar-refractivity contribution in [1.29, 1.82) is 0 Å². The van der Waals surface area contributed by atoms with Gasteiger partial charge in [-0.15, -0.1) is 24.0 Å². The van der Waals surface area contributed by atoms with E-state index in [2.05, 4.69) is 48.0 Å². The van der Waals surface area contributed by atoms with Crippen LogP contribution in [0.2, 0.25) is 0 Å². The third-order valence-corrected chi connectivity index (χ3v) is 3.90. The summed E-state index contributed by atoms with van der Waals surface area (Å²) in [4.78, 5) is 6.77. The maximum absolute atomic E-state index is 6.09. The normalized spacial score (nSPS) is 19.6. The van der Waals surface area contributed by atoms with Crippen LogP contribution >= 0.6 is 24.0 Å². The lowest BCUT2D eigenvalue weighted by molar-refractivity contribution is 0.270. The van der Waals surface area contributed by atoms with E-state index in [-0.39, 0.29) is 24.0 Å². The van der Waals surface area contributed by atoms with Crippen LogP contribution in [0.25, 0.3) is 0 Å². The van der Waals surface area contributed by atoms with Gasteiger partial charge in [-0.05, 0) is 43.2 Å². The van der Waals surface area contributed by atoms with Crippen LogP contribution < -0.4 is 5.73 Å². The van der Waals surface area contributed by atoms with Gasteiger partial charge in [-0.3, -0.25) is 4.99 Å². The first-order valence-electron chi connectivity index (χ1n) is 7.26. The Labute approximate surface area is 139 Å². The first-order chi connectivity index (χ1) is 9.16. The van der Waals surface area contributed by atoms with Gasteiger partial charge in [-0.2, -0.15) is 0 Å². The lowest BCUT2D eigenvalue weighted by Gasteiger charge is -2.31. The number of hydrogen-bond acceptors (Lipinski definition) is 1. The first-order valence-corrected chi connectivity index (χ1v) is 7.26. The summed E-state index contributed by atoms with van der Waals surface area (Å²) in [5.41, 5.74) is 8.79. The number of guanidine groups is 1. The Morgan fingerprint density at radius 1 is 1.40 bits per heavy atom. The van der Waals surface area contributed by atoms with E-state index in [1.165, 1.54) is 24.0 Å². The maximum Gasteiger partial charge on any atom is 0.191 e. The van der Waals surface area contributed by atoms with Gasteiger partial charge < -0.3 is 10.6 Å². The van der Waals surface area contributed by atoms with Crippen LogP contribution in [0.3, 0.4) is 0 Å². The second-order valence-corrected chi connectivity index (χ2v) is 5.61. The Morgan fingerprint density at radius 2 is 2.15 bits per heavy atom. The number of halogens is 1. The van der Waals surface area contributed by atoms with E-state index in [1.807, 2.05) is 0 Å². The molecule has 1 unspecified atom stereocenters. The number of aliphatic imine (C=N–C) groups is 1. The number of hydrogen-bond donors (Lipinski definition) is 1. The minimum atomic E-state index is 0. The molecule has 0 radical (unpaired) electrons. The highest BCUT2D eigenvalue weighted by atomic mass is 127. The molecule has 1 fully saturated rings. The van der Waals surface area contributed by atoms with E-state index < -0.39 is 0 Å². The second-order valence-electron chi connectivity index (χ2n) is 5.61. The molecule has 3 nitrogen and oxygen atoms in total. The average Bonchev–Trinajstić information content (AvgIpc) is 2.41. The summed E-state index contributed by atoms with van der Waals surface area (Å²) in [6.07, 6.45) is 3.51. The Kier molecular flexibility index (Phi) is 7.34. The molecule has 2 N–H and O–H groups in total. The quantitative estimate of drug-likeness (QED) is 0.492. The van der Waals surface area contributed by atoms with Gasteiger partial charge in [0.15, 0.2) is 5.96 Å². The van der Waals surface area contributed by atoms with Gasteiger partial charge in [0.05, 0.1) is 0 Å². The molecule has 112 valence electrons. The van der Waals surface area contributed by atoms with Gasteiger partial charge in [0.1, 0.15) is 0 Å². The van der Waals surface area contributed by atoms with Gasteiger partial charge in [0, 0.05) is 19.6 Å². The van der Waals surface area contributed by atoms with Crippen molar-refractivity contribution in [3.05, 3.63) is 35.4 Å². The summed E-state index contributed by atoms with van der Waals surface area (Å²) in [6, 6.07) is 8.48. The van der Waals surface area contributed by atoms with E-state index >= 15 is 0 Å². The zero-order valence-corrected chi connectivity index (χ0v) is 14.8. The Bertz CT molecular complexity index is 445. The van der Waals surface area contributed by atoms with Crippen LogP contribution in [0.5, 0.6) is 0 Å². The first kappa shape index (κ1) is 17.3. The van der Waals surface area contributed by atoms with E-state index in [0.717, 1.165) is 37.9 Å². The monoisotopic (exact) mass is 387 g/mol. The summed E-state index contributed by atoms with van der Waals surface area (Å²) in [5.74, 6) is 1.46. The molecule has 1 aromatic carbocycles. The van der Waals surface area contributed by atoms with Crippen LogP contribution in [0.4, 0.5) is 0 Å². The molecule has 0 saturated carbocycles. The van der Waals surface area contributed by atoms with E-state index in [1.54, 1.807) is 0 Å². The highest BCUT2D eigenvalue weighted by molar-refractivity contribution is 14.0. The molecule has 0 aliphatic carbocycles. The molecule has 0 aromatic heterocycles. The van der Waals surface area contributed by atoms with Crippen LogP contribution in [0.15, 0.2) is 29.3 Å². The average molecular weight is 387 g/mol. The number of nitrogens with two attached hydrogens (primary N) is 1. The summed E-state index contributed by atoms with van der Waals surface area (Å²) < 4.78 is 0. The van der Waals surface area contributed by atoms with Crippen molar-refractivity contribution in [2.75, 3.05) is 19.6 Å². The molecule has 1 aliphatic rings. The van der Waals surface area contributed by atoms with Gasteiger partial charge in [0.25, 0.3) is 0 Å². The van der Waals surface area contributed by atoms with E-state index in [4.69, 9.17) is 5.73 Å². The zero-order valence-electron chi connectivity index (χ0n) is 12.5. The molecular formula is C16H26IN3. The lowest BCUT2D eigenvalue weighted by Crippen LogP contribution is -2.43. The van der Waals surface area contributed by atoms with Crippen molar-refractivity contribution >= 4 is 29.9 Å². The van der Waals surface area contributed by atoms with Crippen LogP contribution in [0.1, 0.15) is 30.9 Å². The summed E-state index contributed by atoms with van der Waals surface area (Å²) in [5, 5.41) is 0. The van der Waals surface area contributed by atoms with Gasteiger partial charge in [0.2, 0.25) is 0 Å². The third-order valence-electron chi connectivity index (χ3n) is 3.90. The minimum absolute atomic E-state index is 0. The highest BCUT2D eigenvalue weighted by Gasteiger charge is 2.17. The molecule has 2 rings (SSSR count). The molecule has 1 aliphatic heterocycles. The minimum Gasteiger partial charge on any atom is -0.370 e. The Balaban J connectivity index is 0.00000200. The Morgan fingerprint density at radius 3 is 2.85 bits per heavy atom. The lowest BCUT2D eigenvalue weighted by atomic mass is 10.0. The fourth-order valence-corrected chi connectivity index (χ4v) is 2.68. The maximum atomic E-state index is 6.09. The molecular weight excluding hydrogens is 361 g/mol. The second kappa shape index (κ2) is 8.49. The van der Waals surface area contributed by atoms with Crippen molar-refractivity contribution in [1.82, 2.24) is 4.90 Å². The van der Waals surface area contributed by atoms with Gasteiger partial charge in [-0.1, -0.05) is 31.2 Å². The van der Waals surface area contributed by atoms with Crippen LogP contribution in [0, 0.1) is 12.8 Å². The number of likely N-dealkylation sites (tertiary alicyclic amines) is 1. The molecule has 1 saturated heterocycles. The topological polar surface area (TPSA) is 41.6 Å². The molecule has 20 heavy (non-hydrogen) atoms. The van der Waals surface area contributed by atoms with Crippen molar-refractivity contribution < 1.29 is 0 Å². The zero-order chi connectivity index (χ0) is 13.7. The molecule has 4 heteroatoms. The number of rotatable bonds is 3. The Hall–Kier alpha value is -0.780. The van der Waals surface area contributed by atoms with Crippen molar-refractivity contribution in [2.24, 2.45) is 16.6 Å². The SMILES string of the molecule is Cc1ccccc1CCN=C(N)N1CCCC(C)C1.I.